The highest BCUT2D eigenvalue weighted by Gasteiger charge is 2.16. The number of carbonyl (C=O) groups is 2. The van der Waals surface area contributed by atoms with E-state index in [9.17, 15) is 4.39 Å². The van der Waals surface area contributed by atoms with Crippen LogP contribution in [0.25, 0.3) is 10.9 Å². The number of para-hydroxylation sites is 1. The van der Waals surface area contributed by atoms with Gasteiger partial charge in [0.25, 0.3) is 0 Å². The monoisotopic (exact) mass is 441 g/mol. The summed E-state index contributed by atoms with van der Waals surface area (Å²) in [6.45, 7) is 6.47. The number of carboxylic acids is 2. The van der Waals surface area contributed by atoms with Crippen molar-refractivity contribution in [1.82, 2.24) is 9.47 Å². The maximum atomic E-state index is 13.0. The van der Waals surface area contributed by atoms with Crippen LogP contribution < -0.4 is 4.90 Å². The van der Waals surface area contributed by atoms with Gasteiger partial charge < -0.3 is 19.7 Å². The molecule has 0 spiro atoms. The van der Waals surface area contributed by atoms with Gasteiger partial charge in [-0.3, -0.25) is 4.90 Å². The molecule has 170 valence electrons. The van der Waals surface area contributed by atoms with Crippen LogP contribution in [0.15, 0.2) is 60.8 Å². The Balaban J connectivity index is 0.000000427. The second-order valence-electron chi connectivity index (χ2n) is 7.69. The molecule has 1 aromatic heterocycles. The molecule has 2 heterocycles. The molecule has 0 aliphatic carbocycles. The molecule has 0 atom stereocenters. The fourth-order valence-electron chi connectivity index (χ4n) is 3.83. The van der Waals surface area contributed by atoms with Crippen molar-refractivity contribution in [3.05, 3.63) is 66.6 Å². The molecule has 8 heteroatoms. The Bertz CT molecular complexity index is 1020. The van der Waals surface area contributed by atoms with E-state index >= 15 is 0 Å². The summed E-state index contributed by atoms with van der Waals surface area (Å²) in [7, 11) is 0. The SMILES string of the molecule is Fc1ccc(N2CCN(CCCCn3ccc4ccccc43)CC2)cc1.O=C(O)C(=O)O. The number of aliphatic carboxylic acids is 2. The number of piperazine rings is 1. The number of aromatic nitrogens is 1. The van der Waals surface area contributed by atoms with E-state index < -0.39 is 11.9 Å². The van der Waals surface area contributed by atoms with Gasteiger partial charge in [-0.1, -0.05) is 18.2 Å². The largest absolute Gasteiger partial charge is 0.473 e. The lowest BCUT2D eigenvalue weighted by Crippen LogP contribution is -2.46. The van der Waals surface area contributed by atoms with Crippen LogP contribution in [0.1, 0.15) is 12.8 Å². The number of halogens is 1. The summed E-state index contributed by atoms with van der Waals surface area (Å²) in [5, 5.41) is 16.1. The molecule has 0 radical (unpaired) electrons. The number of fused-ring (bicyclic) bond motifs is 1. The summed E-state index contributed by atoms with van der Waals surface area (Å²) < 4.78 is 15.4. The van der Waals surface area contributed by atoms with Crippen molar-refractivity contribution in [2.75, 3.05) is 37.6 Å². The average molecular weight is 442 g/mol. The van der Waals surface area contributed by atoms with Gasteiger partial charge in [0.1, 0.15) is 5.82 Å². The fourth-order valence-corrected chi connectivity index (χ4v) is 3.83. The Morgan fingerprint density at radius 3 is 2.09 bits per heavy atom. The topological polar surface area (TPSA) is 86.0 Å². The minimum Gasteiger partial charge on any atom is -0.473 e. The third kappa shape index (κ3) is 6.55. The molecule has 0 unspecified atom stereocenters. The average Bonchev–Trinajstić information content (AvgIpc) is 3.21. The Kier molecular flexibility index (Phi) is 8.21. The van der Waals surface area contributed by atoms with Crippen LogP contribution in [-0.2, 0) is 16.1 Å². The smallest absolute Gasteiger partial charge is 0.414 e. The van der Waals surface area contributed by atoms with Gasteiger partial charge >= 0.3 is 11.9 Å². The maximum Gasteiger partial charge on any atom is 0.414 e. The Hall–Kier alpha value is -3.39. The molecule has 0 bridgehead atoms. The molecule has 1 fully saturated rings. The van der Waals surface area contributed by atoms with Crippen LogP contribution in [0, 0.1) is 5.82 Å². The van der Waals surface area contributed by atoms with Crippen molar-refractivity contribution in [3.63, 3.8) is 0 Å². The number of hydrogen-bond acceptors (Lipinski definition) is 4. The summed E-state index contributed by atoms with van der Waals surface area (Å²) >= 11 is 0. The van der Waals surface area contributed by atoms with Gasteiger partial charge in [0.15, 0.2) is 0 Å². The number of anilines is 1. The van der Waals surface area contributed by atoms with Gasteiger partial charge in [0.2, 0.25) is 0 Å². The van der Waals surface area contributed by atoms with E-state index in [1.165, 1.54) is 23.7 Å². The van der Waals surface area contributed by atoms with Crippen LogP contribution in [0.5, 0.6) is 0 Å². The van der Waals surface area contributed by atoms with Crippen molar-refractivity contribution < 1.29 is 24.2 Å². The number of carboxylic acid groups (broad SMARTS) is 2. The van der Waals surface area contributed by atoms with E-state index in [2.05, 4.69) is 50.9 Å². The first-order valence-corrected chi connectivity index (χ1v) is 10.7. The van der Waals surface area contributed by atoms with Crippen LogP contribution in [0.4, 0.5) is 10.1 Å². The molecule has 2 aromatic carbocycles. The number of aryl methyl sites for hydroxylation is 1. The molecule has 3 aromatic rings. The first-order chi connectivity index (χ1) is 15.4. The summed E-state index contributed by atoms with van der Waals surface area (Å²) in [6, 6.07) is 17.6. The van der Waals surface area contributed by atoms with E-state index in [1.807, 2.05) is 12.1 Å². The van der Waals surface area contributed by atoms with Crippen molar-refractivity contribution in [2.24, 2.45) is 0 Å². The number of benzene rings is 2. The van der Waals surface area contributed by atoms with Crippen LogP contribution in [0.3, 0.4) is 0 Å². The van der Waals surface area contributed by atoms with Crippen LogP contribution in [-0.4, -0.2) is 64.3 Å². The molecular formula is C24H28FN3O4. The van der Waals surface area contributed by atoms with Gasteiger partial charge in [-0.05, 0) is 61.2 Å². The van der Waals surface area contributed by atoms with E-state index in [0.717, 1.165) is 45.0 Å². The third-order valence-corrected chi connectivity index (χ3v) is 5.55. The molecule has 2 N–H and O–H groups in total. The van der Waals surface area contributed by atoms with Gasteiger partial charge in [0.05, 0.1) is 0 Å². The fraction of sp³-hybridized carbons (Fsp3) is 0.333. The summed E-state index contributed by atoms with van der Waals surface area (Å²) in [6.07, 6.45) is 4.63. The zero-order valence-corrected chi connectivity index (χ0v) is 17.9. The van der Waals surface area contributed by atoms with Crippen molar-refractivity contribution in [2.45, 2.75) is 19.4 Å². The molecule has 0 amide bonds. The van der Waals surface area contributed by atoms with Crippen molar-refractivity contribution in [3.8, 4) is 0 Å². The second kappa shape index (κ2) is 11.3. The highest BCUT2D eigenvalue weighted by atomic mass is 19.1. The van der Waals surface area contributed by atoms with Crippen molar-refractivity contribution in [1.29, 1.82) is 0 Å². The van der Waals surface area contributed by atoms with Crippen LogP contribution >= 0.6 is 0 Å². The summed E-state index contributed by atoms with van der Waals surface area (Å²) in [5.41, 5.74) is 2.46. The Morgan fingerprint density at radius 2 is 1.44 bits per heavy atom. The predicted octanol–water partition coefficient (Wildman–Crippen LogP) is 3.54. The van der Waals surface area contributed by atoms with Gasteiger partial charge in [-0.25, -0.2) is 14.0 Å². The molecule has 1 saturated heterocycles. The number of hydrogen-bond donors (Lipinski definition) is 2. The Labute approximate surface area is 186 Å². The zero-order chi connectivity index (χ0) is 22.9. The van der Waals surface area contributed by atoms with E-state index in [-0.39, 0.29) is 5.82 Å². The quantitative estimate of drug-likeness (QED) is 0.450. The van der Waals surface area contributed by atoms with Gasteiger partial charge in [0, 0.05) is 50.1 Å². The number of unbranched alkanes of at least 4 members (excludes halogenated alkanes) is 1. The molecule has 7 nitrogen and oxygen atoms in total. The third-order valence-electron chi connectivity index (χ3n) is 5.55. The predicted molar refractivity (Wildman–Crippen MR) is 121 cm³/mol. The lowest BCUT2D eigenvalue weighted by molar-refractivity contribution is -0.159. The second-order valence-corrected chi connectivity index (χ2v) is 7.69. The molecule has 0 saturated carbocycles. The molecular weight excluding hydrogens is 413 g/mol. The van der Waals surface area contributed by atoms with Gasteiger partial charge in [-0.15, -0.1) is 0 Å². The highest BCUT2D eigenvalue weighted by molar-refractivity contribution is 6.27. The minimum atomic E-state index is -1.82. The van der Waals surface area contributed by atoms with E-state index in [1.54, 1.807) is 12.1 Å². The maximum absolute atomic E-state index is 13.0. The van der Waals surface area contributed by atoms with E-state index in [4.69, 9.17) is 19.8 Å². The molecule has 1 aliphatic rings. The van der Waals surface area contributed by atoms with Crippen LogP contribution in [0.2, 0.25) is 0 Å². The van der Waals surface area contributed by atoms with Gasteiger partial charge in [-0.2, -0.15) is 0 Å². The number of rotatable bonds is 6. The van der Waals surface area contributed by atoms with E-state index in [0.29, 0.717) is 0 Å². The first-order valence-electron chi connectivity index (χ1n) is 10.7. The number of nitrogens with zero attached hydrogens (tertiary/aromatic N) is 3. The minimum absolute atomic E-state index is 0.164. The molecule has 32 heavy (non-hydrogen) atoms. The highest BCUT2D eigenvalue weighted by Crippen LogP contribution is 2.18. The normalized spacial score (nSPS) is 14.1. The Morgan fingerprint density at radius 1 is 0.812 bits per heavy atom. The van der Waals surface area contributed by atoms with Crippen molar-refractivity contribution >= 4 is 28.5 Å². The molecule has 1 aliphatic heterocycles. The molecule has 4 rings (SSSR count). The summed E-state index contributed by atoms with van der Waals surface area (Å²) in [4.78, 5) is 23.1. The zero-order valence-electron chi connectivity index (χ0n) is 17.9. The standard InChI is InChI=1S/C22H26FN3.C2H2O4/c23-20-7-9-21(10-8-20)25-17-15-24(16-18-25)12-3-4-13-26-14-11-19-5-1-2-6-22(19)26;3-1(4)2(5)6/h1-2,5-11,14H,3-4,12-13,15-18H2;(H,3,4)(H,5,6). The lowest BCUT2D eigenvalue weighted by atomic mass is 10.2. The lowest BCUT2D eigenvalue weighted by Gasteiger charge is -2.36. The summed E-state index contributed by atoms with van der Waals surface area (Å²) in [5.74, 6) is -3.81. The first kappa shape index (κ1) is 23.3.